The maximum absolute atomic E-state index is 12.8. The SMILES string of the molecule is COCCn1c(SCCOc2ccccc2Cl)nc2ccccc2c1=O. The zero-order chi connectivity index (χ0) is 18.4. The monoisotopic (exact) mass is 390 g/mol. The molecule has 3 aromatic rings. The van der Waals surface area contributed by atoms with Crippen molar-refractivity contribution < 1.29 is 9.47 Å². The van der Waals surface area contributed by atoms with E-state index in [1.165, 1.54) is 11.8 Å². The lowest BCUT2D eigenvalue weighted by atomic mass is 10.2. The van der Waals surface area contributed by atoms with Crippen LogP contribution in [0.3, 0.4) is 0 Å². The summed E-state index contributed by atoms with van der Waals surface area (Å²) in [5.74, 6) is 1.29. The Labute approximate surface area is 160 Å². The molecule has 136 valence electrons. The van der Waals surface area contributed by atoms with Crippen molar-refractivity contribution in [3.05, 3.63) is 63.9 Å². The molecule has 0 amide bonds. The Kier molecular flexibility index (Phi) is 6.55. The van der Waals surface area contributed by atoms with Crippen LogP contribution in [-0.4, -0.2) is 35.6 Å². The molecule has 0 saturated heterocycles. The van der Waals surface area contributed by atoms with E-state index in [9.17, 15) is 4.79 Å². The number of halogens is 1. The first-order valence-corrected chi connectivity index (χ1v) is 9.55. The number of rotatable bonds is 8. The number of hydrogen-bond donors (Lipinski definition) is 0. The first-order valence-electron chi connectivity index (χ1n) is 8.19. The Balaban J connectivity index is 1.75. The summed E-state index contributed by atoms with van der Waals surface area (Å²) in [6.07, 6.45) is 0. The molecule has 1 aromatic heterocycles. The highest BCUT2D eigenvalue weighted by molar-refractivity contribution is 7.99. The number of hydrogen-bond acceptors (Lipinski definition) is 5. The number of nitrogens with zero attached hydrogens (tertiary/aromatic N) is 2. The summed E-state index contributed by atoms with van der Waals surface area (Å²) < 4.78 is 12.5. The molecule has 2 aromatic carbocycles. The number of methoxy groups -OCH3 is 1. The zero-order valence-corrected chi connectivity index (χ0v) is 15.9. The van der Waals surface area contributed by atoms with Crippen LogP contribution in [0.2, 0.25) is 5.02 Å². The van der Waals surface area contributed by atoms with Crippen molar-refractivity contribution >= 4 is 34.3 Å². The molecular formula is C19H19ClN2O3S. The van der Waals surface area contributed by atoms with Crippen LogP contribution in [0.4, 0.5) is 0 Å². The van der Waals surface area contributed by atoms with Gasteiger partial charge in [0.1, 0.15) is 5.75 Å². The van der Waals surface area contributed by atoms with E-state index >= 15 is 0 Å². The van der Waals surface area contributed by atoms with Crippen molar-refractivity contribution in [1.82, 2.24) is 9.55 Å². The Bertz CT molecular complexity index is 945. The molecule has 0 aliphatic heterocycles. The Hall–Kier alpha value is -2.02. The average molecular weight is 391 g/mol. The summed E-state index contributed by atoms with van der Waals surface area (Å²) in [5, 5.41) is 1.85. The number of benzene rings is 2. The van der Waals surface area contributed by atoms with Crippen LogP contribution >= 0.6 is 23.4 Å². The summed E-state index contributed by atoms with van der Waals surface area (Å²) in [7, 11) is 1.61. The summed E-state index contributed by atoms with van der Waals surface area (Å²) in [6, 6.07) is 14.7. The second-order valence-corrected chi connectivity index (χ2v) is 6.96. The van der Waals surface area contributed by atoms with Crippen molar-refractivity contribution in [2.45, 2.75) is 11.7 Å². The Morgan fingerprint density at radius 3 is 2.69 bits per heavy atom. The third-order valence-electron chi connectivity index (χ3n) is 3.75. The molecule has 0 unspecified atom stereocenters. The number of para-hydroxylation sites is 2. The van der Waals surface area contributed by atoms with E-state index in [1.807, 2.05) is 36.4 Å². The van der Waals surface area contributed by atoms with Crippen LogP contribution < -0.4 is 10.3 Å². The first-order chi connectivity index (χ1) is 12.7. The molecule has 5 nitrogen and oxygen atoms in total. The van der Waals surface area contributed by atoms with E-state index in [2.05, 4.69) is 4.98 Å². The van der Waals surface area contributed by atoms with E-state index in [4.69, 9.17) is 21.1 Å². The van der Waals surface area contributed by atoms with Crippen molar-refractivity contribution in [3.8, 4) is 5.75 Å². The summed E-state index contributed by atoms with van der Waals surface area (Å²) in [5.41, 5.74) is 0.642. The summed E-state index contributed by atoms with van der Waals surface area (Å²) in [4.78, 5) is 17.4. The number of aromatic nitrogens is 2. The molecule has 0 spiro atoms. The number of fused-ring (bicyclic) bond motifs is 1. The molecule has 0 fully saturated rings. The highest BCUT2D eigenvalue weighted by Gasteiger charge is 2.11. The minimum Gasteiger partial charge on any atom is -0.491 e. The largest absolute Gasteiger partial charge is 0.491 e. The van der Waals surface area contributed by atoms with Gasteiger partial charge in [0.2, 0.25) is 0 Å². The normalized spacial score (nSPS) is 11.0. The maximum Gasteiger partial charge on any atom is 0.262 e. The molecule has 1 heterocycles. The van der Waals surface area contributed by atoms with Crippen LogP contribution in [0.1, 0.15) is 0 Å². The van der Waals surface area contributed by atoms with Crippen LogP contribution in [0.5, 0.6) is 5.75 Å². The van der Waals surface area contributed by atoms with Crippen LogP contribution in [0.25, 0.3) is 10.9 Å². The van der Waals surface area contributed by atoms with Gasteiger partial charge in [0.25, 0.3) is 5.56 Å². The fourth-order valence-electron chi connectivity index (χ4n) is 2.48. The molecule has 26 heavy (non-hydrogen) atoms. The molecule has 0 bridgehead atoms. The second-order valence-electron chi connectivity index (χ2n) is 5.49. The topological polar surface area (TPSA) is 53.4 Å². The van der Waals surface area contributed by atoms with E-state index < -0.39 is 0 Å². The van der Waals surface area contributed by atoms with Crippen LogP contribution in [0, 0.1) is 0 Å². The van der Waals surface area contributed by atoms with Gasteiger partial charge >= 0.3 is 0 Å². The van der Waals surface area contributed by atoms with Gasteiger partial charge in [-0.25, -0.2) is 4.98 Å². The van der Waals surface area contributed by atoms with Crippen molar-refractivity contribution in [1.29, 1.82) is 0 Å². The fourth-order valence-corrected chi connectivity index (χ4v) is 3.52. The third kappa shape index (κ3) is 4.38. The maximum atomic E-state index is 12.8. The van der Waals surface area contributed by atoms with Gasteiger partial charge in [0.15, 0.2) is 5.16 Å². The first kappa shape index (κ1) is 18.8. The predicted octanol–water partition coefficient (Wildman–Crippen LogP) is 3.87. The molecular weight excluding hydrogens is 372 g/mol. The molecule has 0 saturated carbocycles. The minimum absolute atomic E-state index is 0.0535. The quantitative estimate of drug-likeness (QED) is 0.332. The molecule has 0 radical (unpaired) electrons. The minimum atomic E-state index is -0.0535. The second kappa shape index (κ2) is 9.07. The van der Waals surface area contributed by atoms with Gasteiger partial charge < -0.3 is 9.47 Å². The van der Waals surface area contributed by atoms with Gasteiger partial charge in [0.05, 0.1) is 35.7 Å². The van der Waals surface area contributed by atoms with Gasteiger partial charge in [-0.15, -0.1) is 0 Å². The Morgan fingerprint density at radius 2 is 1.88 bits per heavy atom. The average Bonchev–Trinajstić information content (AvgIpc) is 2.66. The Morgan fingerprint density at radius 1 is 1.12 bits per heavy atom. The van der Waals surface area contributed by atoms with E-state index in [1.54, 1.807) is 23.8 Å². The van der Waals surface area contributed by atoms with Gasteiger partial charge in [-0.2, -0.15) is 0 Å². The van der Waals surface area contributed by atoms with Gasteiger partial charge in [0, 0.05) is 12.9 Å². The van der Waals surface area contributed by atoms with Crippen LogP contribution in [0.15, 0.2) is 58.5 Å². The lowest BCUT2D eigenvalue weighted by Crippen LogP contribution is -2.25. The van der Waals surface area contributed by atoms with Gasteiger partial charge in [-0.05, 0) is 24.3 Å². The highest BCUT2D eigenvalue weighted by Crippen LogP contribution is 2.24. The van der Waals surface area contributed by atoms with Gasteiger partial charge in [-0.3, -0.25) is 9.36 Å². The smallest absolute Gasteiger partial charge is 0.262 e. The molecule has 0 aliphatic carbocycles. The number of ether oxygens (including phenoxy) is 2. The van der Waals surface area contributed by atoms with E-state index in [0.29, 0.717) is 52.3 Å². The molecule has 0 atom stereocenters. The van der Waals surface area contributed by atoms with Crippen LogP contribution in [-0.2, 0) is 11.3 Å². The van der Waals surface area contributed by atoms with E-state index in [-0.39, 0.29) is 5.56 Å². The lowest BCUT2D eigenvalue weighted by Gasteiger charge is -2.13. The highest BCUT2D eigenvalue weighted by atomic mass is 35.5. The summed E-state index contributed by atoms with van der Waals surface area (Å²) in [6.45, 7) is 1.37. The zero-order valence-electron chi connectivity index (χ0n) is 14.4. The van der Waals surface area contributed by atoms with Crippen molar-refractivity contribution in [2.75, 3.05) is 26.1 Å². The van der Waals surface area contributed by atoms with Crippen molar-refractivity contribution in [3.63, 3.8) is 0 Å². The third-order valence-corrected chi connectivity index (χ3v) is 5.01. The number of thioether (sulfide) groups is 1. The lowest BCUT2D eigenvalue weighted by molar-refractivity contribution is 0.183. The summed E-state index contributed by atoms with van der Waals surface area (Å²) >= 11 is 7.57. The predicted molar refractivity (Wildman–Crippen MR) is 106 cm³/mol. The van der Waals surface area contributed by atoms with Gasteiger partial charge in [-0.1, -0.05) is 47.6 Å². The van der Waals surface area contributed by atoms with Crippen molar-refractivity contribution in [2.24, 2.45) is 0 Å². The standard InChI is InChI=1S/C19H19ClN2O3S/c1-24-11-10-22-18(23)14-6-2-4-8-16(14)21-19(22)26-13-12-25-17-9-5-3-7-15(17)20/h2-9H,10-13H2,1H3. The molecule has 0 N–H and O–H groups in total. The van der Waals surface area contributed by atoms with E-state index in [0.717, 1.165) is 0 Å². The molecule has 0 aliphatic rings. The fraction of sp³-hybridized carbons (Fsp3) is 0.263. The molecule has 7 heteroatoms. The molecule has 3 rings (SSSR count).